The molecule has 0 amide bonds. The molecule has 0 atom stereocenters. The van der Waals surface area contributed by atoms with Crippen LogP contribution in [-0.2, 0) is 38.0 Å². The van der Waals surface area contributed by atoms with Gasteiger partial charge in [-0.05, 0) is 43.0 Å². The molecule has 0 spiro atoms. The van der Waals surface area contributed by atoms with Gasteiger partial charge in [0.25, 0.3) is 0 Å². The average molecular weight is 461 g/mol. The topological polar surface area (TPSA) is 42.8 Å². The number of hydrogen-bond acceptors (Lipinski definition) is 5. The van der Waals surface area contributed by atoms with Crippen LogP contribution in [0.25, 0.3) is 0 Å². The summed E-state index contributed by atoms with van der Waals surface area (Å²) >= 11 is 0. The van der Waals surface area contributed by atoms with Gasteiger partial charge >= 0.3 is 0 Å². The third-order valence-electron chi connectivity index (χ3n) is 7.18. The van der Waals surface area contributed by atoms with Crippen molar-refractivity contribution in [2.45, 2.75) is 52.1 Å². The minimum atomic E-state index is 0.362. The highest BCUT2D eigenvalue weighted by molar-refractivity contribution is 5.38. The molecule has 5 rings (SSSR count). The Bertz CT molecular complexity index is 1070. The number of aromatic nitrogens is 2. The summed E-state index contributed by atoms with van der Waals surface area (Å²) in [6, 6.07) is 17.2. The second-order valence-corrected chi connectivity index (χ2v) is 9.65. The van der Waals surface area contributed by atoms with E-state index in [0.29, 0.717) is 12.7 Å². The molecule has 3 heterocycles. The van der Waals surface area contributed by atoms with E-state index in [0.717, 1.165) is 64.5 Å². The van der Waals surface area contributed by atoms with Gasteiger partial charge in [0.15, 0.2) is 0 Å². The van der Waals surface area contributed by atoms with Crippen LogP contribution in [0, 0.1) is 6.92 Å². The number of likely N-dealkylation sites (tertiary alicyclic amines) is 1. The van der Waals surface area contributed by atoms with Crippen LogP contribution in [0.4, 0.5) is 0 Å². The Morgan fingerprint density at radius 2 is 1.79 bits per heavy atom. The van der Waals surface area contributed by atoms with Gasteiger partial charge in [-0.1, -0.05) is 36.4 Å². The Morgan fingerprint density at radius 3 is 2.56 bits per heavy atom. The predicted octanol–water partition coefficient (Wildman–Crippen LogP) is 4.30. The summed E-state index contributed by atoms with van der Waals surface area (Å²) in [5.74, 6) is 1.03. The zero-order valence-electron chi connectivity index (χ0n) is 20.4. The molecule has 2 aliphatic heterocycles. The maximum atomic E-state index is 6.17. The Balaban J connectivity index is 1.15. The Hall–Kier alpha value is -2.67. The van der Waals surface area contributed by atoms with Gasteiger partial charge in [-0.3, -0.25) is 14.5 Å². The number of aryl methyl sites for hydroxylation is 1. The van der Waals surface area contributed by atoms with Crippen molar-refractivity contribution >= 4 is 0 Å². The standard InChI is InChI=1S/C28H36N4O2/c1-22-26(17-29-30(22)2)20-32-14-15-33-28-9-8-24(16-25(28)19-32)18-31-12-10-27(11-13-31)34-21-23-6-4-3-5-7-23/h3-9,16-17,27H,10-15,18-21H2,1-2H3. The fourth-order valence-electron chi connectivity index (χ4n) is 4.96. The van der Waals surface area contributed by atoms with Crippen molar-refractivity contribution in [3.8, 4) is 5.75 Å². The molecule has 2 aromatic carbocycles. The summed E-state index contributed by atoms with van der Waals surface area (Å²) in [4.78, 5) is 5.02. The number of ether oxygens (including phenoxy) is 2. The predicted molar refractivity (Wildman–Crippen MR) is 134 cm³/mol. The van der Waals surface area contributed by atoms with E-state index in [4.69, 9.17) is 9.47 Å². The van der Waals surface area contributed by atoms with Crippen LogP contribution >= 0.6 is 0 Å². The van der Waals surface area contributed by atoms with Gasteiger partial charge in [-0.25, -0.2) is 0 Å². The molecule has 0 radical (unpaired) electrons. The van der Waals surface area contributed by atoms with Gasteiger partial charge in [0, 0.05) is 63.1 Å². The molecule has 1 fully saturated rings. The van der Waals surface area contributed by atoms with Crippen LogP contribution in [0.3, 0.4) is 0 Å². The summed E-state index contributed by atoms with van der Waals surface area (Å²) in [5.41, 5.74) is 6.43. The summed E-state index contributed by atoms with van der Waals surface area (Å²) in [7, 11) is 2.00. The fraction of sp³-hybridized carbons (Fsp3) is 0.464. The number of fused-ring (bicyclic) bond motifs is 1. The van der Waals surface area contributed by atoms with E-state index >= 15 is 0 Å². The fourth-order valence-corrected chi connectivity index (χ4v) is 4.96. The highest BCUT2D eigenvalue weighted by Gasteiger charge is 2.21. The van der Waals surface area contributed by atoms with E-state index in [2.05, 4.69) is 70.4 Å². The zero-order valence-corrected chi connectivity index (χ0v) is 20.4. The number of benzene rings is 2. The van der Waals surface area contributed by atoms with Crippen molar-refractivity contribution < 1.29 is 9.47 Å². The summed E-state index contributed by atoms with van der Waals surface area (Å²) in [6.07, 6.45) is 4.55. The van der Waals surface area contributed by atoms with E-state index in [1.54, 1.807) is 0 Å². The molecule has 0 bridgehead atoms. The second-order valence-electron chi connectivity index (χ2n) is 9.65. The van der Waals surface area contributed by atoms with E-state index in [1.807, 2.05) is 17.9 Å². The average Bonchev–Trinajstić information content (AvgIpc) is 3.05. The molecule has 1 saturated heterocycles. The van der Waals surface area contributed by atoms with Gasteiger partial charge in [0.1, 0.15) is 12.4 Å². The molecule has 0 unspecified atom stereocenters. The lowest BCUT2D eigenvalue weighted by molar-refractivity contribution is -0.00394. The SMILES string of the molecule is Cc1c(CN2CCOc3ccc(CN4CCC(OCc5ccccc5)CC4)cc3C2)cnn1C. The van der Waals surface area contributed by atoms with Crippen LogP contribution in [0.2, 0.25) is 0 Å². The highest BCUT2D eigenvalue weighted by atomic mass is 16.5. The van der Waals surface area contributed by atoms with Gasteiger partial charge in [-0.15, -0.1) is 0 Å². The van der Waals surface area contributed by atoms with Crippen LogP contribution < -0.4 is 4.74 Å². The third kappa shape index (κ3) is 5.69. The highest BCUT2D eigenvalue weighted by Crippen LogP contribution is 2.27. The van der Waals surface area contributed by atoms with Crippen molar-refractivity contribution in [2.24, 2.45) is 7.05 Å². The Kier molecular flexibility index (Phi) is 7.28. The number of nitrogens with zero attached hydrogens (tertiary/aromatic N) is 4. The number of piperidine rings is 1. The second kappa shape index (κ2) is 10.7. The maximum Gasteiger partial charge on any atom is 0.123 e. The van der Waals surface area contributed by atoms with Crippen LogP contribution in [0.15, 0.2) is 54.7 Å². The Morgan fingerprint density at radius 1 is 0.971 bits per heavy atom. The van der Waals surface area contributed by atoms with Crippen LogP contribution in [0.5, 0.6) is 5.75 Å². The molecule has 3 aromatic rings. The third-order valence-corrected chi connectivity index (χ3v) is 7.18. The largest absolute Gasteiger partial charge is 0.492 e. The molecule has 180 valence electrons. The maximum absolute atomic E-state index is 6.17. The van der Waals surface area contributed by atoms with Crippen LogP contribution in [-0.4, -0.2) is 51.9 Å². The molecule has 2 aliphatic rings. The zero-order chi connectivity index (χ0) is 23.3. The monoisotopic (exact) mass is 460 g/mol. The first-order valence-corrected chi connectivity index (χ1v) is 12.5. The molecule has 0 saturated carbocycles. The van der Waals surface area contributed by atoms with Crippen molar-refractivity contribution in [1.29, 1.82) is 0 Å². The van der Waals surface area contributed by atoms with Crippen molar-refractivity contribution in [1.82, 2.24) is 19.6 Å². The smallest absolute Gasteiger partial charge is 0.123 e. The van der Waals surface area contributed by atoms with E-state index in [-0.39, 0.29) is 0 Å². The summed E-state index contributed by atoms with van der Waals surface area (Å²) < 4.78 is 14.2. The molecular formula is C28H36N4O2. The lowest BCUT2D eigenvalue weighted by Gasteiger charge is -2.32. The van der Waals surface area contributed by atoms with Gasteiger partial charge in [0.05, 0.1) is 18.9 Å². The molecule has 6 heteroatoms. The summed E-state index contributed by atoms with van der Waals surface area (Å²) in [6.45, 7) is 9.47. The number of hydrogen-bond donors (Lipinski definition) is 0. The minimum absolute atomic E-state index is 0.362. The molecule has 0 aliphatic carbocycles. The van der Waals surface area contributed by atoms with E-state index < -0.39 is 0 Å². The first-order valence-electron chi connectivity index (χ1n) is 12.5. The summed E-state index contributed by atoms with van der Waals surface area (Å²) in [5, 5.41) is 4.41. The molecule has 1 aromatic heterocycles. The quantitative estimate of drug-likeness (QED) is 0.526. The van der Waals surface area contributed by atoms with E-state index in [9.17, 15) is 0 Å². The van der Waals surface area contributed by atoms with Crippen molar-refractivity contribution in [2.75, 3.05) is 26.2 Å². The van der Waals surface area contributed by atoms with Crippen molar-refractivity contribution in [3.05, 3.63) is 82.7 Å². The molecular weight excluding hydrogens is 424 g/mol. The lowest BCUT2D eigenvalue weighted by atomic mass is 10.0. The van der Waals surface area contributed by atoms with Crippen LogP contribution in [0.1, 0.15) is 40.8 Å². The van der Waals surface area contributed by atoms with Crippen molar-refractivity contribution in [3.63, 3.8) is 0 Å². The van der Waals surface area contributed by atoms with Gasteiger partial charge in [-0.2, -0.15) is 5.10 Å². The first-order chi connectivity index (χ1) is 16.6. The normalized spacial score (nSPS) is 17.8. The molecule has 34 heavy (non-hydrogen) atoms. The van der Waals surface area contributed by atoms with Gasteiger partial charge in [0.2, 0.25) is 0 Å². The Labute approximate surface area is 203 Å². The lowest BCUT2D eigenvalue weighted by Crippen LogP contribution is -2.36. The minimum Gasteiger partial charge on any atom is -0.492 e. The molecule has 6 nitrogen and oxygen atoms in total. The van der Waals surface area contributed by atoms with Gasteiger partial charge < -0.3 is 9.47 Å². The van der Waals surface area contributed by atoms with E-state index in [1.165, 1.54) is 27.9 Å². The molecule has 0 N–H and O–H groups in total. The first kappa shape index (κ1) is 23.1. The number of rotatable bonds is 7.